The normalized spacial score (nSPS) is 12.2. The maximum Gasteiger partial charge on any atom is 0.268 e. The molecule has 1 aromatic carbocycles. The number of hydrogen-bond acceptors (Lipinski definition) is 2. The second-order valence-electron chi connectivity index (χ2n) is 4.52. The van der Waals surface area contributed by atoms with Gasteiger partial charge in [0.25, 0.3) is 5.91 Å². The highest BCUT2D eigenvalue weighted by molar-refractivity contribution is 6.31. The van der Waals surface area contributed by atoms with E-state index in [4.69, 9.17) is 17.3 Å². The largest absolute Gasteiger partial charge is 0.399 e. The summed E-state index contributed by atoms with van der Waals surface area (Å²) in [7, 11) is 1.79. The summed E-state index contributed by atoms with van der Waals surface area (Å²) in [5.41, 5.74) is 7.88. The van der Waals surface area contributed by atoms with Gasteiger partial charge in [0.2, 0.25) is 0 Å². The van der Waals surface area contributed by atoms with Gasteiger partial charge >= 0.3 is 0 Å². The Balaban J connectivity index is 2.10. The van der Waals surface area contributed by atoms with Crippen LogP contribution in [0.3, 0.4) is 0 Å². The van der Waals surface area contributed by atoms with Gasteiger partial charge in [-0.2, -0.15) is 0 Å². The summed E-state index contributed by atoms with van der Waals surface area (Å²) < 4.78 is 1.70. The topological polar surface area (TPSA) is 60.0 Å². The molecule has 100 valence electrons. The predicted octanol–water partition coefficient (Wildman–Crippen LogP) is 2.75. The molecule has 0 bridgehead atoms. The molecule has 1 heterocycles. The smallest absolute Gasteiger partial charge is 0.268 e. The van der Waals surface area contributed by atoms with Crippen LogP contribution in [0.15, 0.2) is 36.5 Å². The minimum absolute atomic E-state index is 0.0956. The van der Waals surface area contributed by atoms with Crippen LogP contribution in [0, 0.1) is 0 Å². The van der Waals surface area contributed by atoms with Crippen molar-refractivity contribution in [1.29, 1.82) is 0 Å². The minimum atomic E-state index is -0.154. The number of carbonyl (C=O) groups excluding carboxylic acids is 1. The van der Waals surface area contributed by atoms with Crippen LogP contribution in [-0.4, -0.2) is 10.5 Å². The van der Waals surface area contributed by atoms with Crippen LogP contribution in [0.5, 0.6) is 0 Å². The quantitative estimate of drug-likeness (QED) is 0.848. The highest BCUT2D eigenvalue weighted by Gasteiger charge is 2.14. The number of aryl methyl sites for hydroxylation is 1. The fourth-order valence-corrected chi connectivity index (χ4v) is 2.14. The molecular weight excluding hydrogens is 262 g/mol. The summed E-state index contributed by atoms with van der Waals surface area (Å²) in [6.45, 7) is 1.92. The summed E-state index contributed by atoms with van der Waals surface area (Å²) in [6.07, 6.45) is 1.70. The molecule has 5 heteroatoms. The maximum atomic E-state index is 12.1. The molecular formula is C14H16ClN3O. The van der Waals surface area contributed by atoms with Crippen LogP contribution in [0.25, 0.3) is 0 Å². The van der Waals surface area contributed by atoms with E-state index in [0.717, 1.165) is 5.56 Å². The second-order valence-corrected chi connectivity index (χ2v) is 4.95. The highest BCUT2D eigenvalue weighted by Crippen LogP contribution is 2.17. The van der Waals surface area contributed by atoms with E-state index >= 15 is 0 Å². The molecule has 0 saturated heterocycles. The minimum Gasteiger partial charge on any atom is -0.399 e. The molecule has 2 rings (SSSR count). The van der Waals surface area contributed by atoms with Crippen LogP contribution < -0.4 is 11.1 Å². The Morgan fingerprint density at radius 2 is 2.00 bits per heavy atom. The lowest BCUT2D eigenvalue weighted by Gasteiger charge is -2.14. The van der Waals surface area contributed by atoms with Gasteiger partial charge in [0.1, 0.15) is 5.69 Å². The summed E-state index contributed by atoms with van der Waals surface area (Å²) in [5, 5.41) is 3.48. The van der Waals surface area contributed by atoms with E-state index < -0.39 is 0 Å². The Kier molecular flexibility index (Phi) is 3.81. The van der Waals surface area contributed by atoms with Crippen LogP contribution in [0.1, 0.15) is 29.0 Å². The third kappa shape index (κ3) is 3.09. The zero-order valence-electron chi connectivity index (χ0n) is 10.9. The molecule has 0 spiro atoms. The van der Waals surface area contributed by atoms with Gasteiger partial charge in [-0.05, 0) is 30.7 Å². The molecule has 4 nitrogen and oxygen atoms in total. The van der Waals surface area contributed by atoms with E-state index in [1.165, 1.54) is 0 Å². The fraction of sp³-hybridized carbons (Fsp3) is 0.214. The van der Waals surface area contributed by atoms with Gasteiger partial charge in [-0.3, -0.25) is 4.79 Å². The van der Waals surface area contributed by atoms with Gasteiger partial charge in [-0.15, -0.1) is 0 Å². The SMILES string of the molecule is CC(NC(=O)c1cc(Cl)cn1C)c1ccc(N)cc1. The number of benzene rings is 1. The van der Waals surface area contributed by atoms with Crippen molar-refractivity contribution in [3.63, 3.8) is 0 Å². The standard InChI is InChI=1S/C14H16ClN3O/c1-9(10-3-5-12(16)6-4-10)17-14(19)13-7-11(15)8-18(13)2/h3-9H,16H2,1-2H3,(H,17,19). The number of nitrogens with one attached hydrogen (secondary N) is 1. The lowest BCUT2D eigenvalue weighted by Crippen LogP contribution is -2.28. The molecule has 1 atom stereocenters. The second kappa shape index (κ2) is 5.36. The summed E-state index contributed by atoms with van der Waals surface area (Å²) >= 11 is 5.87. The maximum absolute atomic E-state index is 12.1. The zero-order valence-corrected chi connectivity index (χ0v) is 11.6. The summed E-state index contributed by atoms with van der Waals surface area (Å²) in [6, 6.07) is 8.99. The number of nitrogens with two attached hydrogens (primary N) is 1. The van der Waals surface area contributed by atoms with Crippen LogP contribution in [0.4, 0.5) is 5.69 Å². The van der Waals surface area contributed by atoms with Crippen molar-refractivity contribution in [3.8, 4) is 0 Å². The first-order valence-corrected chi connectivity index (χ1v) is 6.33. The van der Waals surface area contributed by atoms with E-state index in [2.05, 4.69) is 5.32 Å². The van der Waals surface area contributed by atoms with E-state index in [-0.39, 0.29) is 11.9 Å². The Morgan fingerprint density at radius 1 is 1.37 bits per heavy atom. The summed E-state index contributed by atoms with van der Waals surface area (Å²) in [5.74, 6) is -0.154. The highest BCUT2D eigenvalue weighted by atomic mass is 35.5. The van der Waals surface area contributed by atoms with Crippen molar-refractivity contribution in [3.05, 3.63) is 52.8 Å². The lowest BCUT2D eigenvalue weighted by molar-refractivity contribution is 0.0931. The van der Waals surface area contributed by atoms with Crippen LogP contribution in [0.2, 0.25) is 5.02 Å². The van der Waals surface area contributed by atoms with E-state index in [1.54, 1.807) is 23.9 Å². The summed E-state index contributed by atoms with van der Waals surface area (Å²) in [4.78, 5) is 12.1. The average molecular weight is 278 g/mol. The number of hydrogen-bond donors (Lipinski definition) is 2. The average Bonchev–Trinajstić information content (AvgIpc) is 2.69. The molecule has 2 aromatic rings. The molecule has 19 heavy (non-hydrogen) atoms. The molecule has 1 aromatic heterocycles. The molecule has 0 aliphatic rings. The van der Waals surface area contributed by atoms with Crippen molar-refractivity contribution in [1.82, 2.24) is 9.88 Å². The number of amides is 1. The van der Waals surface area contributed by atoms with Crippen LogP contribution in [-0.2, 0) is 7.05 Å². The van der Waals surface area contributed by atoms with Gasteiger partial charge in [-0.25, -0.2) is 0 Å². The monoisotopic (exact) mass is 277 g/mol. The Morgan fingerprint density at radius 3 is 2.53 bits per heavy atom. The third-order valence-corrected chi connectivity index (χ3v) is 3.19. The first-order chi connectivity index (χ1) is 8.97. The number of aromatic nitrogens is 1. The first-order valence-electron chi connectivity index (χ1n) is 5.95. The molecule has 0 radical (unpaired) electrons. The van der Waals surface area contributed by atoms with E-state index in [1.807, 2.05) is 31.2 Å². The van der Waals surface area contributed by atoms with Gasteiger partial charge in [0.05, 0.1) is 11.1 Å². The lowest BCUT2D eigenvalue weighted by atomic mass is 10.1. The van der Waals surface area contributed by atoms with Crippen LogP contribution >= 0.6 is 11.6 Å². The molecule has 0 aliphatic carbocycles. The number of rotatable bonds is 3. The number of halogens is 1. The van der Waals surface area contributed by atoms with Crippen molar-refractivity contribution >= 4 is 23.2 Å². The molecule has 1 amide bonds. The van der Waals surface area contributed by atoms with Gasteiger partial charge in [0, 0.05) is 18.9 Å². The number of carbonyl (C=O) groups is 1. The molecule has 1 unspecified atom stereocenters. The Hall–Kier alpha value is -1.94. The van der Waals surface area contributed by atoms with Crippen molar-refractivity contribution < 1.29 is 4.79 Å². The Bertz CT molecular complexity index is 589. The number of nitrogens with zero attached hydrogens (tertiary/aromatic N) is 1. The van der Waals surface area contributed by atoms with E-state index in [0.29, 0.717) is 16.4 Å². The molecule has 0 saturated carbocycles. The predicted molar refractivity (Wildman–Crippen MR) is 77.2 cm³/mol. The van der Waals surface area contributed by atoms with Crippen molar-refractivity contribution in [2.75, 3.05) is 5.73 Å². The third-order valence-electron chi connectivity index (χ3n) is 2.99. The zero-order chi connectivity index (χ0) is 14.0. The van der Waals surface area contributed by atoms with Gasteiger partial charge in [-0.1, -0.05) is 23.7 Å². The first kappa shape index (κ1) is 13.5. The van der Waals surface area contributed by atoms with Gasteiger partial charge in [0.15, 0.2) is 0 Å². The fourth-order valence-electron chi connectivity index (χ4n) is 1.89. The number of nitrogen functional groups attached to an aromatic ring is 1. The van der Waals surface area contributed by atoms with E-state index in [9.17, 15) is 4.79 Å². The molecule has 0 fully saturated rings. The molecule has 0 aliphatic heterocycles. The Labute approximate surface area is 117 Å². The van der Waals surface area contributed by atoms with Crippen molar-refractivity contribution in [2.24, 2.45) is 7.05 Å². The van der Waals surface area contributed by atoms with Gasteiger partial charge < -0.3 is 15.6 Å². The molecule has 3 N–H and O–H groups in total. The van der Waals surface area contributed by atoms with Crippen molar-refractivity contribution in [2.45, 2.75) is 13.0 Å². The number of anilines is 1.